The largest absolute Gasteiger partial charge is 0.452 e. The second-order valence-electron chi connectivity index (χ2n) is 4.54. The van der Waals surface area contributed by atoms with Crippen molar-refractivity contribution in [2.24, 2.45) is 0 Å². The molecule has 1 atom stereocenters. The van der Waals surface area contributed by atoms with Gasteiger partial charge in [-0.15, -0.1) is 0 Å². The predicted octanol–water partition coefficient (Wildman–Crippen LogP) is 2.54. The van der Waals surface area contributed by atoms with Crippen LogP contribution in [0.1, 0.15) is 18.4 Å². The highest BCUT2D eigenvalue weighted by molar-refractivity contribution is 5.92. The van der Waals surface area contributed by atoms with Crippen LogP contribution in [0.2, 0.25) is 0 Å². The van der Waals surface area contributed by atoms with Gasteiger partial charge in [0.25, 0.3) is 0 Å². The molecule has 4 nitrogen and oxygen atoms in total. The van der Waals surface area contributed by atoms with Gasteiger partial charge in [-0.3, -0.25) is 9.69 Å². The fourth-order valence-electron chi connectivity index (χ4n) is 2.22. The van der Waals surface area contributed by atoms with E-state index < -0.39 is 6.09 Å². The molecule has 0 saturated carbocycles. The average molecular weight is 259 g/mol. The minimum atomic E-state index is -0.415. The number of rotatable bonds is 3. The highest BCUT2D eigenvalue weighted by atomic mass is 16.5. The molecule has 2 rings (SSSR count). The minimum Gasteiger partial charge on any atom is -0.452 e. The Hall–Kier alpha value is -2.10. The summed E-state index contributed by atoms with van der Waals surface area (Å²) in [5, 5.41) is 0. The number of carbonyl (C=O) groups is 2. The van der Waals surface area contributed by atoms with Gasteiger partial charge >= 0.3 is 6.09 Å². The standard InChI is InChI=1S/C15H17NO3/c1-19-15(18)16-10-9-14(17)11-13(16)8-7-12-5-3-2-4-6-12/h2-6,9-10,13H,7-8,11H2,1H3. The molecule has 0 bridgehead atoms. The Labute approximate surface area is 112 Å². The number of nitrogens with zero attached hydrogens (tertiary/aromatic N) is 1. The first-order chi connectivity index (χ1) is 9.20. The molecule has 0 aromatic heterocycles. The number of carbonyl (C=O) groups excluding carboxylic acids is 2. The fourth-order valence-corrected chi connectivity index (χ4v) is 2.22. The molecule has 0 fully saturated rings. The summed E-state index contributed by atoms with van der Waals surface area (Å²) in [4.78, 5) is 24.6. The van der Waals surface area contributed by atoms with Crippen LogP contribution in [0.25, 0.3) is 0 Å². The van der Waals surface area contributed by atoms with Gasteiger partial charge in [0.15, 0.2) is 5.78 Å². The first-order valence-corrected chi connectivity index (χ1v) is 6.32. The van der Waals surface area contributed by atoms with Crippen LogP contribution >= 0.6 is 0 Å². The number of methoxy groups -OCH3 is 1. The maximum Gasteiger partial charge on any atom is 0.413 e. The van der Waals surface area contributed by atoms with Crippen LogP contribution in [0, 0.1) is 0 Å². The third kappa shape index (κ3) is 3.44. The molecule has 0 aliphatic carbocycles. The van der Waals surface area contributed by atoms with Gasteiger partial charge in [-0.2, -0.15) is 0 Å². The summed E-state index contributed by atoms with van der Waals surface area (Å²) >= 11 is 0. The normalized spacial score (nSPS) is 18.5. The SMILES string of the molecule is COC(=O)N1C=CC(=O)CC1CCc1ccccc1. The fraction of sp³-hybridized carbons (Fsp3) is 0.333. The molecule has 1 aliphatic heterocycles. The van der Waals surface area contributed by atoms with E-state index in [1.165, 1.54) is 29.8 Å². The Balaban J connectivity index is 2.02. The van der Waals surface area contributed by atoms with Gasteiger partial charge < -0.3 is 4.74 Å². The van der Waals surface area contributed by atoms with Crippen LogP contribution in [0.4, 0.5) is 4.79 Å². The van der Waals surface area contributed by atoms with E-state index in [-0.39, 0.29) is 11.8 Å². The molecule has 4 heteroatoms. The molecular formula is C15H17NO3. The highest BCUT2D eigenvalue weighted by Crippen LogP contribution is 2.19. The number of aryl methyl sites for hydroxylation is 1. The summed E-state index contributed by atoms with van der Waals surface area (Å²) in [6.07, 6.45) is 4.47. The molecule has 1 heterocycles. The topological polar surface area (TPSA) is 46.6 Å². The molecule has 1 amide bonds. The summed E-state index contributed by atoms with van der Waals surface area (Å²) in [5.41, 5.74) is 1.20. The monoisotopic (exact) mass is 259 g/mol. The molecule has 0 radical (unpaired) electrons. The second kappa shape index (κ2) is 6.18. The van der Waals surface area contributed by atoms with E-state index in [0.717, 1.165) is 12.8 Å². The Bertz CT molecular complexity index is 481. The van der Waals surface area contributed by atoms with Crippen LogP contribution in [-0.4, -0.2) is 29.9 Å². The Morgan fingerprint density at radius 2 is 2.11 bits per heavy atom. The summed E-state index contributed by atoms with van der Waals surface area (Å²) in [7, 11) is 1.35. The summed E-state index contributed by atoms with van der Waals surface area (Å²) in [6, 6.07) is 9.91. The molecule has 1 aliphatic rings. The van der Waals surface area contributed by atoms with Crippen LogP contribution in [-0.2, 0) is 16.0 Å². The lowest BCUT2D eigenvalue weighted by Crippen LogP contribution is -2.40. The maximum absolute atomic E-state index is 11.6. The van der Waals surface area contributed by atoms with Crippen molar-refractivity contribution in [2.75, 3.05) is 7.11 Å². The molecule has 1 aromatic rings. The smallest absolute Gasteiger partial charge is 0.413 e. The lowest BCUT2D eigenvalue weighted by Gasteiger charge is -2.29. The first-order valence-electron chi connectivity index (χ1n) is 6.32. The van der Waals surface area contributed by atoms with Gasteiger partial charge in [-0.25, -0.2) is 4.79 Å². The van der Waals surface area contributed by atoms with E-state index in [9.17, 15) is 9.59 Å². The number of amides is 1. The van der Waals surface area contributed by atoms with Gasteiger partial charge in [0.2, 0.25) is 0 Å². The Morgan fingerprint density at radius 3 is 2.79 bits per heavy atom. The quantitative estimate of drug-likeness (QED) is 0.838. The number of allylic oxidation sites excluding steroid dienone is 1. The van der Waals surface area contributed by atoms with E-state index in [1.807, 2.05) is 30.3 Å². The average Bonchev–Trinajstić information content (AvgIpc) is 2.45. The molecule has 0 spiro atoms. The van der Waals surface area contributed by atoms with E-state index in [0.29, 0.717) is 6.42 Å². The zero-order valence-corrected chi connectivity index (χ0v) is 10.9. The van der Waals surface area contributed by atoms with Crippen molar-refractivity contribution < 1.29 is 14.3 Å². The Morgan fingerprint density at radius 1 is 1.37 bits per heavy atom. The number of ether oxygens (including phenoxy) is 1. The predicted molar refractivity (Wildman–Crippen MR) is 71.6 cm³/mol. The first kappa shape index (κ1) is 13.3. The zero-order valence-electron chi connectivity index (χ0n) is 10.9. The van der Waals surface area contributed by atoms with Crippen molar-refractivity contribution in [2.45, 2.75) is 25.3 Å². The van der Waals surface area contributed by atoms with Gasteiger partial charge in [0.1, 0.15) is 0 Å². The van der Waals surface area contributed by atoms with Crippen molar-refractivity contribution in [3.63, 3.8) is 0 Å². The molecule has 100 valence electrons. The number of hydrogen-bond donors (Lipinski definition) is 0. The molecule has 1 aromatic carbocycles. The maximum atomic E-state index is 11.6. The lowest BCUT2D eigenvalue weighted by molar-refractivity contribution is -0.116. The molecule has 0 saturated heterocycles. The van der Waals surface area contributed by atoms with Gasteiger partial charge in [0.05, 0.1) is 7.11 Å². The van der Waals surface area contributed by atoms with Crippen LogP contribution in [0.5, 0.6) is 0 Å². The third-order valence-electron chi connectivity index (χ3n) is 3.25. The lowest BCUT2D eigenvalue weighted by atomic mass is 9.98. The number of ketones is 1. The van der Waals surface area contributed by atoms with Gasteiger partial charge in [-0.05, 0) is 24.5 Å². The van der Waals surface area contributed by atoms with E-state index in [4.69, 9.17) is 4.74 Å². The Kier molecular flexibility index (Phi) is 4.34. The van der Waals surface area contributed by atoms with Crippen molar-refractivity contribution in [1.29, 1.82) is 0 Å². The van der Waals surface area contributed by atoms with Crippen molar-refractivity contribution in [3.8, 4) is 0 Å². The minimum absolute atomic E-state index is 0.0539. The van der Waals surface area contributed by atoms with Crippen LogP contribution in [0.15, 0.2) is 42.6 Å². The van der Waals surface area contributed by atoms with Crippen LogP contribution < -0.4 is 0 Å². The van der Waals surface area contributed by atoms with Crippen molar-refractivity contribution in [3.05, 3.63) is 48.2 Å². The third-order valence-corrected chi connectivity index (χ3v) is 3.25. The molecule has 0 N–H and O–H groups in total. The van der Waals surface area contributed by atoms with E-state index >= 15 is 0 Å². The van der Waals surface area contributed by atoms with Crippen molar-refractivity contribution >= 4 is 11.9 Å². The van der Waals surface area contributed by atoms with Crippen molar-refractivity contribution in [1.82, 2.24) is 4.90 Å². The number of hydrogen-bond acceptors (Lipinski definition) is 3. The van der Waals surface area contributed by atoms with E-state index in [1.54, 1.807) is 0 Å². The summed E-state index contributed by atoms with van der Waals surface area (Å²) in [6.45, 7) is 0. The summed E-state index contributed by atoms with van der Waals surface area (Å²) < 4.78 is 4.73. The molecular weight excluding hydrogens is 242 g/mol. The molecule has 19 heavy (non-hydrogen) atoms. The second-order valence-corrected chi connectivity index (χ2v) is 4.54. The van der Waals surface area contributed by atoms with Crippen LogP contribution in [0.3, 0.4) is 0 Å². The van der Waals surface area contributed by atoms with Gasteiger partial charge in [-0.1, -0.05) is 30.3 Å². The van der Waals surface area contributed by atoms with E-state index in [2.05, 4.69) is 0 Å². The zero-order chi connectivity index (χ0) is 13.7. The molecule has 1 unspecified atom stereocenters. The highest BCUT2D eigenvalue weighted by Gasteiger charge is 2.27. The number of benzene rings is 1. The summed E-state index contributed by atoms with van der Waals surface area (Å²) in [5.74, 6) is 0.0539. The van der Waals surface area contributed by atoms with Gasteiger partial charge in [0, 0.05) is 18.7 Å².